The van der Waals surface area contributed by atoms with Gasteiger partial charge in [0.15, 0.2) is 5.82 Å². The number of carbonyl (C=O) groups is 1. The van der Waals surface area contributed by atoms with Crippen LogP contribution in [0.2, 0.25) is 0 Å². The van der Waals surface area contributed by atoms with E-state index in [1.165, 1.54) is 0 Å². The molecule has 21 heavy (non-hydrogen) atoms. The molecule has 1 heterocycles. The van der Waals surface area contributed by atoms with Gasteiger partial charge in [0.05, 0.1) is 10.9 Å². The zero-order chi connectivity index (χ0) is 15.6. The van der Waals surface area contributed by atoms with Crippen molar-refractivity contribution in [3.05, 3.63) is 40.4 Å². The summed E-state index contributed by atoms with van der Waals surface area (Å²) in [5.41, 5.74) is -0.0972. The molecule has 2 rings (SSSR count). The molecule has 0 aliphatic heterocycles. The highest BCUT2D eigenvalue weighted by Crippen LogP contribution is 2.20. The number of unbranched alkanes of at least 4 members (excludes halogenated alkanes) is 1. The predicted molar refractivity (Wildman–Crippen MR) is 84.7 cm³/mol. The van der Waals surface area contributed by atoms with Crippen molar-refractivity contribution in [3.63, 3.8) is 0 Å². The van der Waals surface area contributed by atoms with Crippen LogP contribution < -0.4 is 5.56 Å². The normalized spacial score (nSPS) is 11.8. The lowest BCUT2D eigenvalue weighted by atomic mass is 9.90. The predicted octanol–water partition coefficient (Wildman–Crippen LogP) is 3.43. The highest BCUT2D eigenvalue weighted by atomic mass is 16.1. The number of carbonyl (C=O) groups excluding carboxylic acids is 1. The fraction of sp³-hybridized carbons (Fsp3) is 0.471. The van der Waals surface area contributed by atoms with E-state index in [0.717, 1.165) is 12.8 Å². The van der Waals surface area contributed by atoms with Crippen molar-refractivity contribution in [3.8, 4) is 0 Å². The Labute approximate surface area is 124 Å². The second-order valence-electron chi connectivity index (χ2n) is 6.34. The molecular weight excluding hydrogens is 264 g/mol. The molecule has 4 nitrogen and oxygen atoms in total. The van der Waals surface area contributed by atoms with Crippen LogP contribution in [-0.4, -0.2) is 15.3 Å². The van der Waals surface area contributed by atoms with Gasteiger partial charge in [-0.15, -0.1) is 0 Å². The van der Waals surface area contributed by atoms with Gasteiger partial charge in [0.1, 0.15) is 0 Å². The molecule has 0 saturated carbocycles. The number of Topliss-reactive ketones (excluding diaryl/α,β-unsaturated/α-hetero) is 1. The van der Waals surface area contributed by atoms with Gasteiger partial charge in [-0.2, -0.15) is 0 Å². The van der Waals surface area contributed by atoms with Crippen molar-refractivity contribution in [1.29, 1.82) is 0 Å². The number of hydrogen-bond donors (Lipinski definition) is 0. The van der Waals surface area contributed by atoms with Crippen molar-refractivity contribution >= 4 is 16.7 Å². The van der Waals surface area contributed by atoms with Gasteiger partial charge in [-0.05, 0) is 18.6 Å². The fourth-order valence-electron chi connectivity index (χ4n) is 2.20. The van der Waals surface area contributed by atoms with Crippen LogP contribution in [0.3, 0.4) is 0 Å². The summed E-state index contributed by atoms with van der Waals surface area (Å²) in [7, 11) is 0. The zero-order valence-electron chi connectivity index (χ0n) is 13.1. The van der Waals surface area contributed by atoms with Gasteiger partial charge < -0.3 is 0 Å². The first kappa shape index (κ1) is 15.4. The lowest BCUT2D eigenvalue weighted by Gasteiger charge is -2.19. The topological polar surface area (TPSA) is 52.0 Å². The maximum absolute atomic E-state index is 12.7. The molecule has 0 amide bonds. The van der Waals surface area contributed by atoms with E-state index in [9.17, 15) is 9.59 Å². The van der Waals surface area contributed by atoms with Crippen LogP contribution in [-0.2, 0) is 6.54 Å². The molecule has 0 bridgehead atoms. The molecular formula is C17H22N2O2. The van der Waals surface area contributed by atoms with E-state index in [2.05, 4.69) is 11.9 Å². The van der Waals surface area contributed by atoms with Gasteiger partial charge in [-0.25, -0.2) is 4.98 Å². The van der Waals surface area contributed by atoms with Gasteiger partial charge in [0.2, 0.25) is 5.78 Å². The molecule has 1 aromatic carbocycles. The molecule has 0 fully saturated rings. The smallest absolute Gasteiger partial charge is 0.261 e. The minimum atomic E-state index is -0.560. The van der Waals surface area contributed by atoms with Crippen LogP contribution >= 0.6 is 0 Å². The standard InChI is InChI=1S/C17H22N2O2/c1-5-6-11-19-15(14(20)17(2,3)4)18-13-10-8-7-9-12(13)16(19)21/h7-10H,5-6,11H2,1-4H3. The summed E-state index contributed by atoms with van der Waals surface area (Å²) in [6.07, 6.45) is 1.81. The van der Waals surface area contributed by atoms with E-state index in [1.54, 1.807) is 16.7 Å². The van der Waals surface area contributed by atoms with Gasteiger partial charge in [0, 0.05) is 12.0 Å². The summed E-state index contributed by atoms with van der Waals surface area (Å²) in [4.78, 5) is 29.7. The lowest BCUT2D eigenvalue weighted by molar-refractivity contribution is 0.0840. The summed E-state index contributed by atoms with van der Waals surface area (Å²) in [6.45, 7) is 8.14. The number of para-hydroxylation sites is 1. The molecule has 0 saturated heterocycles. The van der Waals surface area contributed by atoms with Crippen LogP contribution in [0.4, 0.5) is 0 Å². The van der Waals surface area contributed by atoms with Gasteiger partial charge in [0.25, 0.3) is 5.56 Å². The quantitative estimate of drug-likeness (QED) is 0.809. The van der Waals surface area contributed by atoms with Crippen LogP contribution in [0.1, 0.15) is 51.2 Å². The summed E-state index contributed by atoms with van der Waals surface area (Å²) >= 11 is 0. The molecule has 0 aliphatic rings. The monoisotopic (exact) mass is 286 g/mol. The minimum Gasteiger partial charge on any atom is -0.290 e. The Kier molecular flexibility index (Phi) is 4.26. The van der Waals surface area contributed by atoms with Crippen LogP contribution in [0.25, 0.3) is 10.9 Å². The average Bonchev–Trinajstić information content (AvgIpc) is 2.44. The Morgan fingerprint density at radius 1 is 1.24 bits per heavy atom. The number of benzene rings is 1. The van der Waals surface area contributed by atoms with Crippen LogP contribution in [0.5, 0.6) is 0 Å². The maximum Gasteiger partial charge on any atom is 0.261 e. The Morgan fingerprint density at radius 3 is 2.52 bits per heavy atom. The zero-order valence-corrected chi connectivity index (χ0v) is 13.1. The Morgan fingerprint density at radius 2 is 1.90 bits per heavy atom. The van der Waals surface area contributed by atoms with Crippen molar-refractivity contribution in [2.24, 2.45) is 5.41 Å². The van der Waals surface area contributed by atoms with Crippen molar-refractivity contribution in [2.45, 2.75) is 47.1 Å². The molecule has 0 N–H and O–H groups in total. The molecule has 2 aromatic rings. The third-order valence-electron chi connectivity index (χ3n) is 3.48. The molecule has 0 atom stereocenters. The third kappa shape index (κ3) is 3.04. The third-order valence-corrected chi connectivity index (χ3v) is 3.48. The Bertz CT molecular complexity index is 724. The summed E-state index contributed by atoms with van der Waals surface area (Å²) < 4.78 is 1.54. The van der Waals surface area contributed by atoms with E-state index in [-0.39, 0.29) is 17.2 Å². The average molecular weight is 286 g/mol. The highest BCUT2D eigenvalue weighted by molar-refractivity contribution is 5.98. The number of nitrogens with zero attached hydrogens (tertiary/aromatic N) is 2. The van der Waals surface area contributed by atoms with Crippen LogP contribution in [0, 0.1) is 5.41 Å². The minimum absolute atomic E-state index is 0.0959. The number of fused-ring (bicyclic) bond motifs is 1. The first-order chi connectivity index (χ1) is 9.86. The van der Waals surface area contributed by atoms with Gasteiger partial charge in [-0.1, -0.05) is 46.2 Å². The van der Waals surface area contributed by atoms with E-state index in [0.29, 0.717) is 17.4 Å². The van der Waals surface area contributed by atoms with Crippen molar-refractivity contribution < 1.29 is 4.79 Å². The van der Waals surface area contributed by atoms with E-state index in [1.807, 2.05) is 32.9 Å². The Hall–Kier alpha value is -1.97. The van der Waals surface area contributed by atoms with Crippen LogP contribution in [0.15, 0.2) is 29.1 Å². The number of hydrogen-bond acceptors (Lipinski definition) is 3. The second-order valence-corrected chi connectivity index (χ2v) is 6.34. The Balaban J connectivity index is 2.72. The summed E-state index contributed by atoms with van der Waals surface area (Å²) in [5.74, 6) is 0.182. The largest absolute Gasteiger partial charge is 0.290 e. The number of rotatable bonds is 4. The lowest BCUT2D eigenvalue weighted by Crippen LogP contribution is -2.32. The molecule has 0 aliphatic carbocycles. The first-order valence-electron chi connectivity index (χ1n) is 7.40. The molecule has 0 radical (unpaired) electrons. The fourth-order valence-corrected chi connectivity index (χ4v) is 2.20. The summed E-state index contributed by atoms with van der Waals surface area (Å²) in [5, 5.41) is 0.569. The molecule has 0 spiro atoms. The maximum atomic E-state index is 12.7. The van der Waals surface area contributed by atoms with Gasteiger partial charge >= 0.3 is 0 Å². The molecule has 112 valence electrons. The van der Waals surface area contributed by atoms with E-state index in [4.69, 9.17) is 0 Å². The highest BCUT2D eigenvalue weighted by Gasteiger charge is 2.27. The second kappa shape index (κ2) is 5.80. The molecule has 4 heteroatoms. The van der Waals surface area contributed by atoms with E-state index < -0.39 is 5.41 Å². The van der Waals surface area contributed by atoms with Crippen molar-refractivity contribution in [2.75, 3.05) is 0 Å². The molecule has 1 aromatic heterocycles. The SMILES string of the molecule is CCCCn1c(C(=O)C(C)(C)C)nc2ccccc2c1=O. The van der Waals surface area contributed by atoms with Gasteiger partial charge in [-0.3, -0.25) is 14.2 Å². The van der Waals surface area contributed by atoms with E-state index >= 15 is 0 Å². The summed E-state index contributed by atoms with van der Waals surface area (Å²) in [6, 6.07) is 7.19. The van der Waals surface area contributed by atoms with Crippen molar-refractivity contribution in [1.82, 2.24) is 9.55 Å². The molecule has 0 unspecified atom stereocenters. The number of aromatic nitrogens is 2. The first-order valence-corrected chi connectivity index (χ1v) is 7.40. The number of ketones is 1.